The predicted octanol–water partition coefficient (Wildman–Crippen LogP) is 2.28. The Balaban J connectivity index is 1.39. The molecule has 0 aliphatic carbocycles. The second kappa shape index (κ2) is 10.1. The number of nitrogens with one attached hydrogen (secondary N) is 1. The number of hydrogen-bond donors (Lipinski definition) is 1. The maximum Gasteiger partial charge on any atom is 0.240 e. The maximum atomic E-state index is 12.3. The topological polar surface area (TPSA) is 86.8 Å². The van der Waals surface area contributed by atoms with Crippen molar-refractivity contribution in [2.45, 2.75) is 29.6 Å². The standard InChI is InChI=1S/C22H31N3O4S2/c1-19-8-10-21(11-9-19)31(28,29)23-12-3-4-13-24-14-16-25(17-15-24)20-6-5-7-22(18-20)30(2,26)27/h5-11,18,23H,3-4,12-17H2,1-2H3. The summed E-state index contributed by atoms with van der Waals surface area (Å²) in [6.07, 6.45) is 2.92. The molecule has 1 saturated heterocycles. The molecule has 0 amide bonds. The Morgan fingerprint density at radius 1 is 0.871 bits per heavy atom. The zero-order chi connectivity index (χ0) is 22.5. The molecule has 0 spiro atoms. The van der Waals surface area contributed by atoms with Crippen molar-refractivity contribution >= 4 is 25.5 Å². The minimum atomic E-state index is -3.45. The third-order valence-corrected chi connectivity index (χ3v) is 8.09. The van der Waals surface area contributed by atoms with Gasteiger partial charge in [-0.05, 0) is 56.6 Å². The number of unbranched alkanes of at least 4 members (excludes halogenated alkanes) is 1. The molecule has 0 aromatic heterocycles. The molecular formula is C22H31N3O4S2. The molecule has 9 heteroatoms. The molecule has 0 saturated carbocycles. The van der Waals surface area contributed by atoms with Crippen LogP contribution in [0.5, 0.6) is 0 Å². The van der Waals surface area contributed by atoms with Crippen LogP contribution in [0.4, 0.5) is 5.69 Å². The monoisotopic (exact) mass is 465 g/mol. The van der Waals surface area contributed by atoms with Gasteiger partial charge >= 0.3 is 0 Å². The summed E-state index contributed by atoms with van der Waals surface area (Å²) in [4.78, 5) is 5.22. The van der Waals surface area contributed by atoms with Crippen LogP contribution in [0.1, 0.15) is 18.4 Å². The minimum absolute atomic E-state index is 0.300. The first-order valence-corrected chi connectivity index (χ1v) is 13.9. The second-order valence-corrected chi connectivity index (χ2v) is 11.8. The van der Waals surface area contributed by atoms with Gasteiger partial charge in [0.2, 0.25) is 10.0 Å². The molecule has 1 fully saturated rings. The van der Waals surface area contributed by atoms with E-state index in [-0.39, 0.29) is 0 Å². The van der Waals surface area contributed by atoms with Crippen molar-refractivity contribution in [1.82, 2.24) is 9.62 Å². The lowest BCUT2D eigenvalue weighted by molar-refractivity contribution is 0.253. The average Bonchev–Trinajstić information content (AvgIpc) is 2.74. The van der Waals surface area contributed by atoms with Crippen molar-refractivity contribution < 1.29 is 16.8 Å². The highest BCUT2D eigenvalue weighted by molar-refractivity contribution is 7.90. The number of nitrogens with zero attached hydrogens (tertiary/aromatic N) is 2. The van der Waals surface area contributed by atoms with Crippen LogP contribution in [0, 0.1) is 6.92 Å². The van der Waals surface area contributed by atoms with Crippen molar-refractivity contribution in [3.05, 3.63) is 54.1 Å². The van der Waals surface area contributed by atoms with Crippen molar-refractivity contribution in [3.8, 4) is 0 Å². The van der Waals surface area contributed by atoms with Crippen LogP contribution in [0.15, 0.2) is 58.3 Å². The molecule has 0 unspecified atom stereocenters. The van der Waals surface area contributed by atoms with E-state index in [1.807, 2.05) is 13.0 Å². The van der Waals surface area contributed by atoms with E-state index in [4.69, 9.17) is 0 Å². The molecule has 7 nitrogen and oxygen atoms in total. The molecule has 1 aliphatic rings. The summed E-state index contributed by atoms with van der Waals surface area (Å²) >= 11 is 0. The zero-order valence-corrected chi connectivity index (χ0v) is 19.8. The number of sulfonamides is 1. The number of hydrogen-bond acceptors (Lipinski definition) is 6. The van der Waals surface area contributed by atoms with Gasteiger partial charge in [0.15, 0.2) is 9.84 Å². The molecule has 1 N–H and O–H groups in total. The number of anilines is 1. The predicted molar refractivity (Wildman–Crippen MR) is 124 cm³/mol. The van der Waals surface area contributed by atoms with E-state index in [1.54, 1.807) is 42.5 Å². The Morgan fingerprint density at radius 2 is 1.55 bits per heavy atom. The maximum absolute atomic E-state index is 12.3. The van der Waals surface area contributed by atoms with Gasteiger partial charge in [-0.2, -0.15) is 0 Å². The van der Waals surface area contributed by atoms with E-state index < -0.39 is 19.9 Å². The van der Waals surface area contributed by atoms with Gasteiger partial charge in [-0.3, -0.25) is 4.90 Å². The summed E-state index contributed by atoms with van der Waals surface area (Å²) in [6, 6.07) is 14.0. The summed E-state index contributed by atoms with van der Waals surface area (Å²) in [6.45, 7) is 6.76. The fourth-order valence-electron chi connectivity index (χ4n) is 3.61. The third kappa shape index (κ3) is 6.77. The summed E-state index contributed by atoms with van der Waals surface area (Å²) in [5, 5.41) is 0. The SMILES string of the molecule is Cc1ccc(S(=O)(=O)NCCCCN2CCN(c3cccc(S(C)(=O)=O)c3)CC2)cc1. The number of aryl methyl sites for hydroxylation is 1. The first-order chi connectivity index (χ1) is 14.6. The van der Waals surface area contributed by atoms with Gasteiger partial charge in [-0.1, -0.05) is 23.8 Å². The summed E-state index contributed by atoms with van der Waals surface area (Å²) < 4.78 is 50.8. The molecule has 0 bridgehead atoms. The van der Waals surface area contributed by atoms with Gasteiger partial charge in [0, 0.05) is 44.7 Å². The smallest absolute Gasteiger partial charge is 0.240 e. The van der Waals surface area contributed by atoms with Crippen molar-refractivity contribution in [1.29, 1.82) is 0 Å². The summed E-state index contributed by atoms with van der Waals surface area (Å²) in [7, 11) is -6.66. The molecule has 2 aromatic carbocycles. The Labute approximate surface area is 186 Å². The molecule has 3 rings (SSSR count). The quantitative estimate of drug-likeness (QED) is 0.572. The van der Waals surface area contributed by atoms with Crippen LogP contribution in [0.3, 0.4) is 0 Å². The van der Waals surface area contributed by atoms with Gasteiger partial charge < -0.3 is 4.90 Å². The average molecular weight is 466 g/mol. The lowest BCUT2D eigenvalue weighted by Crippen LogP contribution is -2.46. The molecule has 31 heavy (non-hydrogen) atoms. The normalized spacial score (nSPS) is 15.9. The fourth-order valence-corrected chi connectivity index (χ4v) is 5.34. The molecule has 170 valence electrons. The minimum Gasteiger partial charge on any atom is -0.369 e. The van der Waals surface area contributed by atoms with Crippen molar-refractivity contribution in [3.63, 3.8) is 0 Å². The third-order valence-electron chi connectivity index (χ3n) is 5.51. The van der Waals surface area contributed by atoms with Crippen molar-refractivity contribution in [2.75, 3.05) is 50.4 Å². The van der Waals surface area contributed by atoms with Crippen LogP contribution in [0.25, 0.3) is 0 Å². The van der Waals surface area contributed by atoms with E-state index in [2.05, 4.69) is 14.5 Å². The van der Waals surface area contributed by atoms with Crippen LogP contribution in [0.2, 0.25) is 0 Å². The van der Waals surface area contributed by atoms with Crippen LogP contribution >= 0.6 is 0 Å². The van der Waals surface area contributed by atoms with Crippen LogP contribution < -0.4 is 9.62 Å². The van der Waals surface area contributed by atoms with Crippen molar-refractivity contribution in [2.24, 2.45) is 0 Å². The number of sulfone groups is 1. The highest BCUT2D eigenvalue weighted by atomic mass is 32.2. The Morgan fingerprint density at radius 3 is 2.19 bits per heavy atom. The first-order valence-electron chi connectivity index (χ1n) is 10.5. The fraction of sp³-hybridized carbons (Fsp3) is 0.455. The van der Waals surface area contributed by atoms with Crippen LogP contribution in [-0.2, 0) is 19.9 Å². The number of piperazine rings is 1. The van der Waals surface area contributed by atoms with Gasteiger partial charge in [0.1, 0.15) is 0 Å². The molecule has 2 aromatic rings. The zero-order valence-electron chi connectivity index (χ0n) is 18.1. The van der Waals surface area contributed by atoms with E-state index in [0.29, 0.717) is 16.3 Å². The number of rotatable bonds is 9. The molecule has 1 heterocycles. The lowest BCUT2D eigenvalue weighted by atomic mass is 10.2. The lowest BCUT2D eigenvalue weighted by Gasteiger charge is -2.36. The highest BCUT2D eigenvalue weighted by Crippen LogP contribution is 2.21. The van der Waals surface area contributed by atoms with E-state index >= 15 is 0 Å². The highest BCUT2D eigenvalue weighted by Gasteiger charge is 2.18. The molecule has 0 atom stereocenters. The Hall–Kier alpha value is -1.94. The van der Waals surface area contributed by atoms with E-state index in [1.165, 1.54) is 6.26 Å². The molecule has 0 radical (unpaired) electrons. The first kappa shape index (κ1) is 23.7. The summed E-state index contributed by atoms with van der Waals surface area (Å²) in [5.41, 5.74) is 1.97. The van der Waals surface area contributed by atoms with Gasteiger partial charge in [-0.25, -0.2) is 21.6 Å². The van der Waals surface area contributed by atoms with Gasteiger partial charge in [0.05, 0.1) is 9.79 Å². The van der Waals surface area contributed by atoms with Gasteiger partial charge in [0.25, 0.3) is 0 Å². The molecule has 1 aliphatic heterocycles. The Kier molecular flexibility index (Phi) is 7.74. The van der Waals surface area contributed by atoms with E-state index in [0.717, 1.165) is 56.8 Å². The van der Waals surface area contributed by atoms with E-state index in [9.17, 15) is 16.8 Å². The Bertz CT molecular complexity index is 1080. The summed E-state index contributed by atoms with van der Waals surface area (Å²) in [5.74, 6) is 0. The second-order valence-electron chi connectivity index (χ2n) is 8.02. The van der Waals surface area contributed by atoms with Gasteiger partial charge in [-0.15, -0.1) is 0 Å². The molecular weight excluding hydrogens is 434 g/mol. The largest absolute Gasteiger partial charge is 0.369 e. The number of benzene rings is 2. The van der Waals surface area contributed by atoms with Crippen LogP contribution in [-0.4, -0.2) is 67.3 Å².